The second-order valence-electron chi connectivity index (χ2n) is 8.79. The Morgan fingerprint density at radius 2 is 1.21 bits per heavy atom. The van der Waals surface area contributed by atoms with Crippen molar-refractivity contribution in [1.29, 1.82) is 0 Å². The van der Waals surface area contributed by atoms with Gasteiger partial charge in [-0.25, -0.2) is 0 Å². The lowest BCUT2D eigenvalue weighted by molar-refractivity contribution is 0.0772. The summed E-state index contributed by atoms with van der Waals surface area (Å²) in [5.74, 6) is 0.862. The molecule has 0 unspecified atom stereocenters. The highest BCUT2D eigenvalue weighted by molar-refractivity contribution is 7.12. The molecule has 0 aromatic heterocycles. The van der Waals surface area contributed by atoms with Gasteiger partial charge in [-0.3, -0.25) is 4.79 Å². The summed E-state index contributed by atoms with van der Waals surface area (Å²) < 4.78 is 5.31. The van der Waals surface area contributed by atoms with Gasteiger partial charge < -0.3 is 9.64 Å². The summed E-state index contributed by atoms with van der Waals surface area (Å²) in [6.07, 6.45) is 2.00. The SMILES string of the molecule is COc1ccc(C(=O)N2CCC[C@@H]2[Si](c2ccccc2)(c2ccccc2)c2ccccc2)cc1. The molecule has 0 saturated carbocycles. The van der Waals surface area contributed by atoms with Gasteiger partial charge in [0.05, 0.1) is 7.11 Å². The van der Waals surface area contributed by atoms with Crippen LogP contribution in [0.25, 0.3) is 0 Å². The Morgan fingerprint density at radius 3 is 1.65 bits per heavy atom. The van der Waals surface area contributed by atoms with Crippen molar-refractivity contribution in [3.8, 4) is 5.75 Å². The number of nitrogens with zero attached hydrogens (tertiary/aromatic N) is 1. The maximum Gasteiger partial charge on any atom is 0.253 e. The lowest BCUT2D eigenvalue weighted by Crippen LogP contribution is -2.76. The average Bonchev–Trinajstić information content (AvgIpc) is 3.41. The Hall–Kier alpha value is -3.63. The van der Waals surface area contributed by atoms with E-state index in [1.165, 1.54) is 15.6 Å². The minimum absolute atomic E-state index is 0.102. The van der Waals surface area contributed by atoms with Crippen molar-refractivity contribution >= 4 is 29.5 Å². The molecular formula is C30H29NO2Si. The predicted octanol–water partition coefficient (Wildman–Crippen LogP) is 4.01. The molecule has 3 nitrogen and oxygen atoms in total. The fourth-order valence-corrected chi connectivity index (χ4v) is 11.2. The number of carbonyl (C=O) groups excluding carboxylic acids is 1. The van der Waals surface area contributed by atoms with Gasteiger partial charge in [0.15, 0.2) is 8.07 Å². The van der Waals surface area contributed by atoms with Crippen molar-refractivity contribution in [3.63, 3.8) is 0 Å². The van der Waals surface area contributed by atoms with E-state index in [1.54, 1.807) is 7.11 Å². The van der Waals surface area contributed by atoms with E-state index in [-0.39, 0.29) is 11.6 Å². The van der Waals surface area contributed by atoms with E-state index in [4.69, 9.17) is 4.74 Å². The molecule has 5 rings (SSSR count). The first-order valence-electron chi connectivity index (χ1n) is 11.9. The molecule has 1 fully saturated rings. The van der Waals surface area contributed by atoms with Crippen LogP contribution in [0.3, 0.4) is 0 Å². The number of likely N-dealkylation sites (tertiary alicyclic amines) is 1. The van der Waals surface area contributed by atoms with E-state index < -0.39 is 8.07 Å². The maximum absolute atomic E-state index is 13.9. The van der Waals surface area contributed by atoms with Crippen LogP contribution in [0, 0.1) is 0 Å². The van der Waals surface area contributed by atoms with Gasteiger partial charge in [0.25, 0.3) is 5.91 Å². The smallest absolute Gasteiger partial charge is 0.253 e. The Morgan fingerprint density at radius 1 is 0.735 bits per heavy atom. The van der Waals surface area contributed by atoms with Crippen molar-refractivity contribution in [3.05, 3.63) is 121 Å². The average molecular weight is 464 g/mol. The van der Waals surface area contributed by atoms with Crippen molar-refractivity contribution in [2.45, 2.75) is 18.5 Å². The van der Waals surface area contributed by atoms with E-state index >= 15 is 0 Å². The summed E-state index contributed by atoms with van der Waals surface area (Å²) in [4.78, 5) is 16.1. The van der Waals surface area contributed by atoms with Crippen LogP contribution < -0.4 is 20.3 Å². The molecular weight excluding hydrogens is 434 g/mol. The van der Waals surface area contributed by atoms with Gasteiger partial charge in [-0.05, 0) is 52.7 Å². The fraction of sp³-hybridized carbons (Fsp3) is 0.167. The highest BCUT2D eigenvalue weighted by Crippen LogP contribution is 2.29. The second-order valence-corrected chi connectivity index (χ2v) is 12.8. The van der Waals surface area contributed by atoms with Gasteiger partial charge in [-0.1, -0.05) is 91.0 Å². The zero-order valence-electron chi connectivity index (χ0n) is 19.4. The number of benzene rings is 4. The Kier molecular flexibility index (Phi) is 6.32. The molecule has 1 aliphatic heterocycles. The number of hydrogen-bond acceptors (Lipinski definition) is 2. The van der Waals surface area contributed by atoms with Crippen LogP contribution in [-0.4, -0.2) is 38.2 Å². The van der Waals surface area contributed by atoms with Gasteiger partial charge in [0, 0.05) is 17.8 Å². The molecule has 0 spiro atoms. The monoisotopic (exact) mass is 463 g/mol. The molecule has 0 aliphatic carbocycles. The molecule has 0 N–H and O–H groups in total. The first-order valence-corrected chi connectivity index (χ1v) is 13.9. The summed E-state index contributed by atoms with van der Waals surface area (Å²) in [5, 5.41) is 4.02. The summed E-state index contributed by atoms with van der Waals surface area (Å²) >= 11 is 0. The van der Waals surface area contributed by atoms with Crippen LogP contribution in [0.4, 0.5) is 0 Å². The molecule has 170 valence electrons. The molecule has 4 aromatic rings. The Labute approximate surface area is 202 Å². The minimum Gasteiger partial charge on any atom is -0.497 e. The van der Waals surface area contributed by atoms with Crippen LogP contribution in [-0.2, 0) is 0 Å². The number of amides is 1. The summed E-state index contributed by atoms with van der Waals surface area (Å²) in [5.41, 5.74) is 0.832. The second kappa shape index (κ2) is 9.70. The number of hydrogen-bond donors (Lipinski definition) is 0. The molecule has 4 aromatic carbocycles. The van der Waals surface area contributed by atoms with Gasteiger partial charge in [-0.2, -0.15) is 0 Å². The normalized spacial score (nSPS) is 15.8. The first-order chi connectivity index (χ1) is 16.7. The topological polar surface area (TPSA) is 29.5 Å². The third-order valence-electron chi connectivity index (χ3n) is 7.04. The Balaban J connectivity index is 1.70. The standard InChI is InChI=1S/C30H29NO2Si/c1-33-25-21-19-24(20-22-25)30(32)31-23-11-18-29(31)34(26-12-5-2-6-13-26,27-14-7-3-8-15-27)28-16-9-4-10-17-28/h2-10,12-17,19-22,29H,11,18,23H2,1H3/t29-/m0/s1. The highest BCUT2D eigenvalue weighted by atomic mass is 28.3. The minimum atomic E-state index is -2.59. The van der Waals surface area contributed by atoms with Crippen LogP contribution in [0.2, 0.25) is 0 Å². The van der Waals surface area contributed by atoms with Crippen LogP contribution in [0.5, 0.6) is 5.75 Å². The lowest BCUT2D eigenvalue weighted by atomic mass is 10.2. The van der Waals surface area contributed by atoms with Crippen molar-refractivity contribution in [2.75, 3.05) is 13.7 Å². The molecule has 4 heteroatoms. The molecule has 0 radical (unpaired) electrons. The van der Waals surface area contributed by atoms with E-state index in [0.29, 0.717) is 5.56 Å². The maximum atomic E-state index is 13.9. The van der Waals surface area contributed by atoms with Crippen molar-refractivity contribution < 1.29 is 9.53 Å². The largest absolute Gasteiger partial charge is 0.497 e. The number of methoxy groups -OCH3 is 1. The number of carbonyl (C=O) groups is 1. The number of rotatable bonds is 6. The fourth-order valence-electron chi connectivity index (χ4n) is 5.54. The number of ether oxygens (including phenoxy) is 1. The zero-order valence-corrected chi connectivity index (χ0v) is 20.4. The molecule has 1 amide bonds. The van der Waals surface area contributed by atoms with E-state index in [1.807, 2.05) is 24.3 Å². The van der Waals surface area contributed by atoms with Crippen LogP contribution >= 0.6 is 0 Å². The highest BCUT2D eigenvalue weighted by Gasteiger charge is 2.51. The van der Waals surface area contributed by atoms with Gasteiger partial charge in [0.2, 0.25) is 0 Å². The van der Waals surface area contributed by atoms with Crippen LogP contribution in [0.1, 0.15) is 23.2 Å². The van der Waals surface area contributed by atoms with Crippen molar-refractivity contribution in [1.82, 2.24) is 4.90 Å². The first kappa shape index (κ1) is 22.2. The zero-order chi connectivity index (χ0) is 23.4. The third kappa shape index (κ3) is 3.84. The molecule has 1 heterocycles. The van der Waals surface area contributed by atoms with Gasteiger partial charge in [-0.15, -0.1) is 0 Å². The van der Waals surface area contributed by atoms with Gasteiger partial charge in [0.1, 0.15) is 5.75 Å². The van der Waals surface area contributed by atoms with Gasteiger partial charge >= 0.3 is 0 Å². The Bertz CT molecular complexity index is 1130. The molecule has 34 heavy (non-hydrogen) atoms. The molecule has 1 aliphatic rings. The van der Waals surface area contributed by atoms with Crippen LogP contribution in [0.15, 0.2) is 115 Å². The van der Waals surface area contributed by atoms with E-state index in [2.05, 4.69) is 95.9 Å². The molecule has 1 atom stereocenters. The summed E-state index contributed by atoms with van der Waals surface area (Å²) in [6.45, 7) is 0.775. The predicted molar refractivity (Wildman–Crippen MR) is 141 cm³/mol. The summed E-state index contributed by atoms with van der Waals surface area (Å²) in [6, 6.07) is 40.1. The molecule has 0 bridgehead atoms. The van der Waals surface area contributed by atoms with E-state index in [9.17, 15) is 4.79 Å². The third-order valence-corrected chi connectivity index (χ3v) is 12.4. The lowest BCUT2D eigenvalue weighted by Gasteiger charge is -2.43. The van der Waals surface area contributed by atoms with Crippen molar-refractivity contribution in [2.24, 2.45) is 0 Å². The quantitative estimate of drug-likeness (QED) is 0.319. The molecule has 1 saturated heterocycles. The van der Waals surface area contributed by atoms with E-state index in [0.717, 1.165) is 25.1 Å². The summed E-state index contributed by atoms with van der Waals surface area (Å²) in [7, 11) is -0.941.